The Morgan fingerprint density at radius 1 is 1.17 bits per heavy atom. The van der Waals surface area contributed by atoms with E-state index < -0.39 is 0 Å². The average Bonchev–Trinajstić information content (AvgIpc) is 3.35. The molecule has 0 spiro atoms. The second-order valence-corrected chi connectivity index (χ2v) is 8.53. The summed E-state index contributed by atoms with van der Waals surface area (Å²) in [7, 11) is 1.40. The van der Waals surface area contributed by atoms with Crippen molar-refractivity contribution >= 4 is 23.2 Å². The van der Waals surface area contributed by atoms with Crippen molar-refractivity contribution in [3.63, 3.8) is 0 Å². The molecule has 4 rings (SSSR count). The van der Waals surface area contributed by atoms with E-state index in [0.29, 0.717) is 24.9 Å². The van der Waals surface area contributed by atoms with Gasteiger partial charge in [0.15, 0.2) is 0 Å². The molecule has 0 radical (unpaired) electrons. The predicted molar refractivity (Wildman–Crippen MR) is 116 cm³/mol. The number of nitrogens with zero attached hydrogens (tertiary/aromatic N) is 3. The zero-order valence-corrected chi connectivity index (χ0v) is 18.3. The minimum Gasteiger partial charge on any atom is -0.469 e. The number of esters is 1. The molecule has 0 bridgehead atoms. The standard InChI is InChI=1S/C23H25N3O3S/c1-15-20(8-9-22(27)29-3)16(2)26(24-15)19-6-4-17(5-7-19)23(28)25-12-10-21-18(14-25)11-13-30-21/h4-7,11,13H,8-10,12,14H2,1-3H3. The van der Waals surface area contributed by atoms with Gasteiger partial charge in [-0.1, -0.05) is 0 Å². The molecule has 0 saturated carbocycles. The topological polar surface area (TPSA) is 64.4 Å². The Labute approximate surface area is 180 Å². The lowest BCUT2D eigenvalue weighted by Gasteiger charge is -2.27. The minimum atomic E-state index is -0.225. The molecule has 6 nitrogen and oxygen atoms in total. The molecule has 1 amide bonds. The minimum absolute atomic E-state index is 0.0607. The Bertz CT molecular complexity index is 1080. The van der Waals surface area contributed by atoms with Crippen LogP contribution in [0.25, 0.3) is 5.69 Å². The van der Waals surface area contributed by atoms with Crippen molar-refractivity contribution in [1.82, 2.24) is 14.7 Å². The number of amides is 1. The first-order valence-corrected chi connectivity index (χ1v) is 10.9. The highest BCUT2D eigenvalue weighted by atomic mass is 32.1. The van der Waals surface area contributed by atoms with Crippen LogP contribution in [0.15, 0.2) is 35.7 Å². The van der Waals surface area contributed by atoms with Gasteiger partial charge in [0.1, 0.15) is 0 Å². The van der Waals surface area contributed by atoms with Crippen LogP contribution in [-0.4, -0.2) is 40.2 Å². The van der Waals surface area contributed by atoms with Crippen molar-refractivity contribution in [2.75, 3.05) is 13.7 Å². The summed E-state index contributed by atoms with van der Waals surface area (Å²) in [6.45, 7) is 5.39. The fourth-order valence-corrected chi connectivity index (χ4v) is 4.86. The Morgan fingerprint density at radius 3 is 2.67 bits per heavy atom. The molecule has 2 aromatic heterocycles. The molecule has 3 aromatic rings. The van der Waals surface area contributed by atoms with Gasteiger partial charge in [-0.25, -0.2) is 4.68 Å². The van der Waals surface area contributed by atoms with E-state index in [0.717, 1.165) is 35.6 Å². The molecule has 0 unspecified atom stereocenters. The Balaban J connectivity index is 1.50. The lowest BCUT2D eigenvalue weighted by molar-refractivity contribution is -0.140. The molecular formula is C23H25N3O3S. The second-order valence-electron chi connectivity index (χ2n) is 7.53. The van der Waals surface area contributed by atoms with Gasteiger partial charge in [0.05, 0.1) is 18.5 Å². The molecule has 0 saturated heterocycles. The first-order chi connectivity index (χ1) is 14.5. The van der Waals surface area contributed by atoms with E-state index in [2.05, 4.69) is 16.5 Å². The SMILES string of the molecule is COC(=O)CCc1c(C)nn(-c2ccc(C(=O)N3CCc4sccc4C3)cc2)c1C. The number of aromatic nitrogens is 2. The number of hydrogen-bond donors (Lipinski definition) is 0. The van der Waals surface area contributed by atoms with E-state index >= 15 is 0 Å². The van der Waals surface area contributed by atoms with E-state index in [4.69, 9.17) is 4.74 Å². The van der Waals surface area contributed by atoms with Crippen LogP contribution in [-0.2, 0) is 28.9 Å². The van der Waals surface area contributed by atoms with E-state index in [-0.39, 0.29) is 11.9 Å². The van der Waals surface area contributed by atoms with Gasteiger partial charge in [-0.15, -0.1) is 11.3 Å². The van der Waals surface area contributed by atoms with Gasteiger partial charge in [-0.2, -0.15) is 5.10 Å². The summed E-state index contributed by atoms with van der Waals surface area (Å²) in [6, 6.07) is 9.70. The van der Waals surface area contributed by atoms with Gasteiger partial charge in [0.25, 0.3) is 5.91 Å². The number of ether oxygens (including phenoxy) is 1. The molecule has 7 heteroatoms. The van der Waals surface area contributed by atoms with Crippen LogP contribution in [0.1, 0.15) is 44.2 Å². The number of benzene rings is 1. The first-order valence-electron chi connectivity index (χ1n) is 10.0. The second kappa shape index (κ2) is 8.44. The maximum absolute atomic E-state index is 12.9. The number of methoxy groups -OCH3 is 1. The van der Waals surface area contributed by atoms with Gasteiger partial charge in [0, 0.05) is 35.6 Å². The maximum Gasteiger partial charge on any atom is 0.305 e. The quantitative estimate of drug-likeness (QED) is 0.585. The van der Waals surface area contributed by atoms with Crippen molar-refractivity contribution in [3.8, 4) is 5.69 Å². The van der Waals surface area contributed by atoms with Crippen LogP contribution in [0.4, 0.5) is 0 Å². The highest BCUT2D eigenvalue weighted by Crippen LogP contribution is 2.25. The third-order valence-electron chi connectivity index (χ3n) is 5.70. The molecule has 0 N–H and O–H groups in total. The zero-order valence-electron chi connectivity index (χ0n) is 17.5. The summed E-state index contributed by atoms with van der Waals surface area (Å²) < 4.78 is 6.61. The number of carbonyl (C=O) groups is 2. The van der Waals surface area contributed by atoms with Crippen molar-refractivity contribution in [2.24, 2.45) is 0 Å². The predicted octanol–water partition coefficient (Wildman–Crippen LogP) is 3.85. The maximum atomic E-state index is 12.9. The number of fused-ring (bicyclic) bond motifs is 1. The molecule has 0 aliphatic carbocycles. The highest BCUT2D eigenvalue weighted by molar-refractivity contribution is 7.10. The van der Waals surface area contributed by atoms with Crippen LogP contribution in [0.5, 0.6) is 0 Å². The van der Waals surface area contributed by atoms with Crippen LogP contribution in [0, 0.1) is 13.8 Å². The molecule has 156 valence electrons. The molecule has 3 heterocycles. The summed E-state index contributed by atoms with van der Waals surface area (Å²) in [6.07, 6.45) is 1.86. The number of hydrogen-bond acceptors (Lipinski definition) is 5. The van der Waals surface area contributed by atoms with E-state index in [1.807, 2.05) is 47.7 Å². The molecular weight excluding hydrogens is 398 g/mol. The van der Waals surface area contributed by atoms with Gasteiger partial charge >= 0.3 is 5.97 Å². The number of carbonyl (C=O) groups excluding carboxylic acids is 2. The van der Waals surface area contributed by atoms with Crippen molar-refractivity contribution in [1.29, 1.82) is 0 Å². The van der Waals surface area contributed by atoms with E-state index in [9.17, 15) is 9.59 Å². The molecule has 0 atom stereocenters. The monoisotopic (exact) mass is 423 g/mol. The molecule has 0 fully saturated rings. The highest BCUT2D eigenvalue weighted by Gasteiger charge is 2.22. The van der Waals surface area contributed by atoms with Crippen molar-refractivity contribution < 1.29 is 14.3 Å². The van der Waals surface area contributed by atoms with Gasteiger partial charge in [-0.05, 0) is 73.5 Å². The summed E-state index contributed by atoms with van der Waals surface area (Å²) in [5.74, 6) is -0.165. The Hall–Kier alpha value is -2.93. The zero-order chi connectivity index (χ0) is 21.3. The van der Waals surface area contributed by atoms with Crippen molar-refractivity contribution in [2.45, 2.75) is 39.7 Å². The molecule has 1 aliphatic heterocycles. The van der Waals surface area contributed by atoms with Gasteiger partial charge < -0.3 is 9.64 Å². The lowest BCUT2D eigenvalue weighted by Crippen LogP contribution is -2.35. The Kier molecular flexibility index (Phi) is 5.72. The van der Waals surface area contributed by atoms with Crippen LogP contribution in [0.2, 0.25) is 0 Å². The largest absolute Gasteiger partial charge is 0.469 e. The van der Waals surface area contributed by atoms with Crippen LogP contribution in [0.3, 0.4) is 0 Å². The summed E-state index contributed by atoms with van der Waals surface area (Å²) in [5.41, 5.74) is 5.80. The first kappa shape index (κ1) is 20.3. The Morgan fingerprint density at radius 2 is 1.93 bits per heavy atom. The fraction of sp³-hybridized carbons (Fsp3) is 0.348. The fourth-order valence-electron chi connectivity index (χ4n) is 3.97. The molecule has 30 heavy (non-hydrogen) atoms. The third kappa shape index (κ3) is 3.89. The van der Waals surface area contributed by atoms with Crippen molar-refractivity contribution in [3.05, 3.63) is 68.7 Å². The molecule has 1 aliphatic rings. The number of aryl methyl sites for hydroxylation is 1. The third-order valence-corrected chi connectivity index (χ3v) is 6.72. The van der Waals surface area contributed by atoms with Gasteiger partial charge in [-0.3, -0.25) is 9.59 Å². The number of thiophene rings is 1. The summed E-state index contributed by atoms with van der Waals surface area (Å²) in [5, 5.41) is 6.74. The smallest absolute Gasteiger partial charge is 0.305 e. The van der Waals surface area contributed by atoms with Crippen LogP contribution >= 0.6 is 11.3 Å². The number of rotatable bonds is 5. The molecule has 1 aromatic carbocycles. The lowest BCUT2D eigenvalue weighted by atomic mass is 10.1. The normalized spacial score (nSPS) is 13.2. The summed E-state index contributed by atoms with van der Waals surface area (Å²) >= 11 is 1.77. The van der Waals surface area contributed by atoms with E-state index in [1.165, 1.54) is 17.6 Å². The van der Waals surface area contributed by atoms with Gasteiger partial charge in [0.2, 0.25) is 0 Å². The van der Waals surface area contributed by atoms with E-state index in [1.54, 1.807) is 11.3 Å². The summed E-state index contributed by atoms with van der Waals surface area (Å²) in [4.78, 5) is 27.7. The van der Waals surface area contributed by atoms with Crippen LogP contribution < -0.4 is 0 Å². The average molecular weight is 424 g/mol.